The Morgan fingerprint density at radius 1 is 0.964 bits per heavy atom. The van der Waals surface area contributed by atoms with Gasteiger partial charge in [0.2, 0.25) is 0 Å². The number of hydrogen-bond acceptors (Lipinski definition) is 4. The summed E-state index contributed by atoms with van der Waals surface area (Å²) < 4.78 is 5.56. The first kappa shape index (κ1) is 26.9. The fraction of sp³-hybridized carbons (Fsp3) is 0.792. The van der Waals surface area contributed by atoms with Crippen LogP contribution in [0.25, 0.3) is 0 Å². The van der Waals surface area contributed by atoms with Gasteiger partial charge >= 0.3 is 5.97 Å². The molecule has 0 aromatic rings. The maximum Gasteiger partial charge on any atom is 0.333 e. The molecular formula is C24H46N2O2. The number of nitrogens with one attached hydrogen (secondary N) is 2. The van der Waals surface area contributed by atoms with E-state index in [2.05, 4.69) is 51.3 Å². The van der Waals surface area contributed by atoms with E-state index < -0.39 is 0 Å². The quantitative estimate of drug-likeness (QED) is 0.156. The van der Waals surface area contributed by atoms with Crippen molar-refractivity contribution in [2.75, 3.05) is 13.1 Å². The summed E-state index contributed by atoms with van der Waals surface area (Å²) in [5.41, 5.74) is 2.18. The molecule has 0 bridgehead atoms. The number of hydrogen-bond donors (Lipinski definition) is 2. The van der Waals surface area contributed by atoms with Crippen LogP contribution in [0.2, 0.25) is 0 Å². The third kappa shape index (κ3) is 15.9. The van der Waals surface area contributed by atoms with E-state index in [1.807, 2.05) is 19.9 Å². The summed E-state index contributed by atoms with van der Waals surface area (Å²) in [4.78, 5) is 12.2. The van der Waals surface area contributed by atoms with Crippen molar-refractivity contribution >= 4 is 5.97 Å². The van der Waals surface area contributed by atoms with E-state index in [4.69, 9.17) is 4.74 Å². The first-order valence-corrected chi connectivity index (χ1v) is 11.2. The molecule has 2 atom stereocenters. The highest BCUT2D eigenvalue weighted by Gasteiger charge is 2.11. The van der Waals surface area contributed by atoms with E-state index in [1.165, 1.54) is 12.0 Å². The minimum absolute atomic E-state index is 0.0175. The Labute approximate surface area is 174 Å². The molecule has 0 aliphatic rings. The van der Waals surface area contributed by atoms with Gasteiger partial charge < -0.3 is 15.4 Å². The van der Waals surface area contributed by atoms with Gasteiger partial charge in [0.25, 0.3) is 0 Å². The SMILES string of the molecule is CC=C(C)CCCNC(C)CCC=C(C)C(=O)OC(C)CCCCNC(C)C. The van der Waals surface area contributed by atoms with Crippen molar-refractivity contribution in [1.29, 1.82) is 0 Å². The van der Waals surface area contributed by atoms with E-state index >= 15 is 0 Å². The van der Waals surface area contributed by atoms with Gasteiger partial charge in [-0.1, -0.05) is 31.6 Å². The Morgan fingerprint density at radius 2 is 1.64 bits per heavy atom. The number of esters is 1. The van der Waals surface area contributed by atoms with E-state index in [0.29, 0.717) is 12.1 Å². The lowest BCUT2D eigenvalue weighted by atomic mass is 10.1. The molecule has 2 N–H and O–H groups in total. The molecule has 0 spiro atoms. The smallest absolute Gasteiger partial charge is 0.333 e. The zero-order valence-electron chi connectivity index (χ0n) is 19.6. The molecule has 4 nitrogen and oxygen atoms in total. The Bertz CT molecular complexity index is 469. The van der Waals surface area contributed by atoms with E-state index in [1.54, 1.807) is 0 Å². The molecule has 0 radical (unpaired) electrons. The number of carbonyl (C=O) groups excluding carboxylic acids is 1. The summed E-state index contributed by atoms with van der Waals surface area (Å²) in [6.45, 7) is 16.7. The molecule has 0 aromatic carbocycles. The maximum atomic E-state index is 12.2. The Morgan fingerprint density at radius 3 is 2.29 bits per heavy atom. The zero-order chi connectivity index (χ0) is 21.4. The molecule has 0 amide bonds. The highest BCUT2D eigenvalue weighted by Crippen LogP contribution is 2.09. The van der Waals surface area contributed by atoms with Crippen LogP contribution in [0.4, 0.5) is 0 Å². The molecule has 0 rings (SSSR count). The van der Waals surface area contributed by atoms with Crippen molar-refractivity contribution in [1.82, 2.24) is 10.6 Å². The molecule has 0 aliphatic heterocycles. The largest absolute Gasteiger partial charge is 0.459 e. The molecule has 164 valence electrons. The maximum absolute atomic E-state index is 12.2. The molecule has 2 unspecified atom stereocenters. The Kier molecular flexibility index (Phi) is 16.1. The minimum atomic E-state index is -0.171. The van der Waals surface area contributed by atoms with E-state index in [9.17, 15) is 4.79 Å². The van der Waals surface area contributed by atoms with Crippen LogP contribution in [0, 0.1) is 0 Å². The van der Waals surface area contributed by atoms with Crippen molar-refractivity contribution in [2.45, 2.75) is 112 Å². The molecule has 28 heavy (non-hydrogen) atoms. The molecular weight excluding hydrogens is 348 g/mol. The van der Waals surface area contributed by atoms with Gasteiger partial charge in [0.1, 0.15) is 0 Å². The average Bonchev–Trinajstić information content (AvgIpc) is 2.64. The number of rotatable bonds is 16. The van der Waals surface area contributed by atoms with Crippen LogP contribution in [0.5, 0.6) is 0 Å². The van der Waals surface area contributed by atoms with Crippen LogP contribution in [0.3, 0.4) is 0 Å². The lowest BCUT2D eigenvalue weighted by molar-refractivity contribution is -0.143. The van der Waals surface area contributed by atoms with Gasteiger partial charge in [0.05, 0.1) is 6.10 Å². The van der Waals surface area contributed by atoms with Crippen LogP contribution in [0.1, 0.15) is 93.4 Å². The summed E-state index contributed by atoms with van der Waals surface area (Å²) in [6.07, 6.45) is 11.6. The molecule has 0 saturated heterocycles. The first-order chi connectivity index (χ1) is 13.3. The molecule has 0 fully saturated rings. The van der Waals surface area contributed by atoms with E-state index in [-0.39, 0.29) is 12.1 Å². The average molecular weight is 395 g/mol. The predicted octanol–water partition coefficient (Wildman–Crippen LogP) is 5.54. The Balaban J connectivity index is 3.90. The summed E-state index contributed by atoms with van der Waals surface area (Å²) in [5, 5.41) is 6.97. The lowest BCUT2D eigenvalue weighted by Gasteiger charge is -2.15. The lowest BCUT2D eigenvalue weighted by Crippen LogP contribution is -2.26. The van der Waals surface area contributed by atoms with Gasteiger partial charge in [0.15, 0.2) is 0 Å². The first-order valence-electron chi connectivity index (χ1n) is 11.2. The fourth-order valence-electron chi connectivity index (χ4n) is 2.88. The van der Waals surface area contributed by atoms with Gasteiger partial charge in [-0.05, 0) is 92.7 Å². The van der Waals surface area contributed by atoms with E-state index in [0.717, 1.165) is 57.2 Å². The van der Waals surface area contributed by atoms with Gasteiger partial charge in [0, 0.05) is 17.7 Å². The highest BCUT2D eigenvalue weighted by atomic mass is 16.5. The van der Waals surface area contributed by atoms with Crippen LogP contribution < -0.4 is 10.6 Å². The number of unbranched alkanes of at least 4 members (excludes halogenated alkanes) is 1. The van der Waals surface area contributed by atoms with Gasteiger partial charge in [-0.3, -0.25) is 0 Å². The van der Waals surface area contributed by atoms with Gasteiger partial charge in [-0.2, -0.15) is 0 Å². The summed E-state index contributed by atoms with van der Waals surface area (Å²) in [7, 11) is 0. The van der Waals surface area contributed by atoms with Gasteiger partial charge in [-0.15, -0.1) is 0 Å². The van der Waals surface area contributed by atoms with Gasteiger partial charge in [-0.25, -0.2) is 4.79 Å². The number of allylic oxidation sites excluding steroid dienone is 3. The second kappa shape index (κ2) is 16.8. The summed E-state index contributed by atoms with van der Waals surface area (Å²) in [6, 6.07) is 0.993. The summed E-state index contributed by atoms with van der Waals surface area (Å²) >= 11 is 0. The van der Waals surface area contributed by atoms with Crippen molar-refractivity contribution in [3.8, 4) is 0 Å². The summed E-state index contributed by atoms with van der Waals surface area (Å²) in [5.74, 6) is -0.171. The van der Waals surface area contributed by atoms with Crippen LogP contribution in [-0.2, 0) is 9.53 Å². The number of carbonyl (C=O) groups is 1. The molecule has 0 aromatic heterocycles. The zero-order valence-corrected chi connectivity index (χ0v) is 19.6. The third-order valence-electron chi connectivity index (χ3n) is 5.00. The highest BCUT2D eigenvalue weighted by molar-refractivity contribution is 5.87. The number of ether oxygens (including phenoxy) is 1. The third-order valence-corrected chi connectivity index (χ3v) is 5.00. The normalized spacial score (nSPS) is 15.0. The van der Waals surface area contributed by atoms with Crippen molar-refractivity contribution in [2.24, 2.45) is 0 Å². The van der Waals surface area contributed by atoms with Crippen molar-refractivity contribution in [3.05, 3.63) is 23.3 Å². The molecule has 4 heteroatoms. The molecule has 0 saturated carbocycles. The van der Waals surface area contributed by atoms with Crippen molar-refractivity contribution in [3.63, 3.8) is 0 Å². The topological polar surface area (TPSA) is 50.4 Å². The second-order valence-electron chi connectivity index (χ2n) is 8.38. The second-order valence-corrected chi connectivity index (χ2v) is 8.38. The molecule has 0 heterocycles. The predicted molar refractivity (Wildman–Crippen MR) is 122 cm³/mol. The fourth-order valence-corrected chi connectivity index (χ4v) is 2.88. The van der Waals surface area contributed by atoms with Crippen molar-refractivity contribution < 1.29 is 9.53 Å². The van der Waals surface area contributed by atoms with Crippen LogP contribution in [0.15, 0.2) is 23.3 Å². The van der Waals surface area contributed by atoms with Crippen LogP contribution >= 0.6 is 0 Å². The standard InChI is InChI=1S/C24H46N2O2/c1-8-20(4)13-12-18-26-22(6)15-11-14-21(5)24(27)28-23(7)16-9-10-17-25-19(2)3/h8,14,19,22-23,25-26H,9-13,15-18H2,1-7H3. The Hall–Kier alpha value is -1.13. The minimum Gasteiger partial charge on any atom is -0.459 e. The monoisotopic (exact) mass is 394 g/mol. The molecule has 0 aliphatic carbocycles. The van der Waals surface area contributed by atoms with Crippen LogP contribution in [-0.4, -0.2) is 37.2 Å².